The molecule has 8 nitrogen and oxygen atoms in total. The van der Waals surface area contributed by atoms with Gasteiger partial charge in [0, 0.05) is 5.69 Å². The summed E-state index contributed by atoms with van der Waals surface area (Å²) in [4.78, 5) is 26.1. The number of aromatic carboxylic acids is 1. The fraction of sp³-hybridized carbons (Fsp3) is 0.103. The summed E-state index contributed by atoms with van der Waals surface area (Å²) in [5.41, 5.74) is 3.21. The van der Waals surface area contributed by atoms with E-state index in [4.69, 9.17) is 0 Å². The maximum absolute atomic E-state index is 13.3. The van der Waals surface area contributed by atoms with Gasteiger partial charge in [-0.05, 0) is 59.5 Å². The Morgan fingerprint density at radius 2 is 1.53 bits per heavy atom. The minimum atomic E-state index is -4.03. The average Bonchev–Trinajstić information content (AvgIpc) is 2.91. The summed E-state index contributed by atoms with van der Waals surface area (Å²) < 4.78 is 28.5. The first-order valence-corrected chi connectivity index (χ1v) is 13.2. The third kappa shape index (κ3) is 6.08. The van der Waals surface area contributed by atoms with Gasteiger partial charge in [0.2, 0.25) is 15.9 Å². The van der Waals surface area contributed by atoms with Crippen LogP contribution in [-0.2, 0) is 21.4 Å². The molecular weight excluding hydrogens is 504 g/mol. The van der Waals surface area contributed by atoms with Crippen LogP contribution in [0.4, 0.5) is 5.69 Å². The number of nitrogens with zero attached hydrogens (tertiary/aromatic N) is 1. The van der Waals surface area contributed by atoms with Gasteiger partial charge in [0.15, 0.2) is 0 Å². The largest absolute Gasteiger partial charge is 0.507 e. The summed E-state index contributed by atoms with van der Waals surface area (Å²) in [6.45, 7) is 1.33. The number of phenols is 1. The van der Waals surface area contributed by atoms with Crippen LogP contribution in [0.1, 0.15) is 21.5 Å². The highest BCUT2D eigenvalue weighted by Gasteiger charge is 2.23. The number of anilines is 1. The first kappa shape index (κ1) is 26.6. The van der Waals surface area contributed by atoms with Crippen LogP contribution in [0.25, 0.3) is 11.1 Å². The molecule has 0 radical (unpaired) electrons. The Kier molecular flexibility index (Phi) is 7.90. The molecule has 4 rings (SSSR count). The molecular formula is C29H26N2O6S. The van der Waals surface area contributed by atoms with Crippen LogP contribution >= 0.6 is 0 Å². The second kappa shape index (κ2) is 11.3. The van der Waals surface area contributed by atoms with Gasteiger partial charge in [-0.2, -0.15) is 0 Å². The molecule has 4 aromatic rings. The van der Waals surface area contributed by atoms with E-state index >= 15 is 0 Å². The number of carboxylic acid groups (broad SMARTS) is 1. The number of hydrogen-bond acceptors (Lipinski definition) is 5. The predicted molar refractivity (Wildman–Crippen MR) is 145 cm³/mol. The van der Waals surface area contributed by atoms with E-state index < -0.39 is 34.2 Å². The van der Waals surface area contributed by atoms with Gasteiger partial charge in [-0.3, -0.25) is 4.79 Å². The normalized spacial score (nSPS) is 11.2. The highest BCUT2D eigenvalue weighted by molar-refractivity contribution is 7.89. The number of carbonyl (C=O) groups excluding carboxylic acids is 1. The summed E-state index contributed by atoms with van der Waals surface area (Å²) in [6, 6.07) is 27.1. The maximum Gasteiger partial charge on any atom is 0.339 e. The summed E-state index contributed by atoms with van der Waals surface area (Å²) in [5, 5.41) is 19.3. The molecule has 0 fully saturated rings. The summed E-state index contributed by atoms with van der Waals surface area (Å²) >= 11 is 0. The number of amides is 1. The van der Waals surface area contributed by atoms with Crippen molar-refractivity contribution >= 4 is 27.6 Å². The summed E-state index contributed by atoms with van der Waals surface area (Å²) in [7, 11) is -4.03. The molecule has 0 spiro atoms. The van der Waals surface area contributed by atoms with Gasteiger partial charge in [0.25, 0.3) is 0 Å². The van der Waals surface area contributed by atoms with Gasteiger partial charge in [0.1, 0.15) is 11.3 Å². The third-order valence-electron chi connectivity index (χ3n) is 6.01. The lowest BCUT2D eigenvalue weighted by molar-refractivity contribution is -0.117. The zero-order valence-electron chi connectivity index (χ0n) is 20.5. The van der Waals surface area contributed by atoms with Crippen molar-refractivity contribution in [1.82, 2.24) is 4.72 Å². The third-order valence-corrected chi connectivity index (χ3v) is 7.41. The number of carboxylic acids is 1. The number of benzene rings is 4. The van der Waals surface area contributed by atoms with E-state index in [1.165, 1.54) is 29.2 Å². The minimum Gasteiger partial charge on any atom is -0.507 e. The highest BCUT2D eigenvalue weighted by atomic mass is 32.2. The van der Waals surface area contributed by atoms with E-state index in [1.54, 1.807) is 36.4 Å². The van der Waals surface area contributed by atoms with Crippen molar-refractivity contribution in [2.45, 2.75) is 18.4 Å². The maximum atomic E-state index is 13.3. The fourth-order valence-corrected chi connectivity index (χ4v) is 5.09. The molecule has 194 valence electrons. The Morgan fingerprint density at radius 3 is 2.16 bits per heavy atom. The molecule has 0 saturated heterocycles. The first-order chi connectivity index (χ1) is 18.2. The van der Waals surface area contributed by atoms with E-state index in [0.717, 1.165) is 22.3 Å². The molecule has 1 amide bonds. The van der Waals surface area contributed by atoms with Crippen molar-refractivity contribution in [2.75, 3.05) is 11.4 Å². The summed E-state index contributed by atoms with van der Waals surface area (Å²) in [6.07, 6.45) is 0. The number of aromatic hydroxyl groups is 1. The number of hydrogen-bond donors (Lipinski definition) is 3. The molecule has 4 aromatic carbocycles. The molecule has 0 bridgehead atoms. The second-order valence-corrected chi connectivity index (χ2v) is 10.4. The molecule has 0 atom stereocenters. The lowest BCUT2D eigenvalue weighted by atomic mass is 10.0. The molecule has 0 aliphatic carbocycles. The van der Waals surface area contributed by atoms with Gasteiger partial charge in [-0.1, -0.05) is 66.7 Å². The van der Waals surface area contributed by atoms with E-state index in [0.29, 0.717) is 0 Å². The highest BCUT2D eigenvalue weighted by Crippen LogP contribution is 2.27. The number of carbonyl (C=O) groups is 2. The molecule has 9 heteroatoms. The first-order valence-electron chi connectivity index (χ1n) is 11.7. The number of rotatable bonds is 9. The van der Waals surface area contributed by atoms with Crippen molar-refractivity contribution in [3.05, 3.63) is 114 Å². The minimum absolute atomic E-state index is 0.0230. The van der Waals surface area contributed by atoms with Gasteiger partial charge >= 0.3 is 5.97 Å². The van der Waals surface area contributed by atoms with Crippen molar-refractivity contribution in [3.63, 3.8) is 0 Å². The SMILES string of the molecule is Cc1cc(S(=O)(=O)NCC(=O)N(Cc2ccccc2)c2ccc(O)c(C(=O)O)c2)ccc1-c1ccccc1. The monoisotopic (exact) mass is 530 g/mol. The number of sulfonamides is 1. The van der Waals surface area contributed by atoms with Gasteiger partial charge in [-0.15, -0.1) is 0 Å². The molecule has 0 heterocycles. The predicted octanol–water partition coefficient (Wildman–Crippen LogP) is 4.58. The standard InChI is InChI=1S/C29H26N2O6S/c1-20-16-24(13-14-25(20)22-10-6-3-7-11-22)38(36,37)30-18-28(33)31(19-21-8-4-2-5-9-21)23-12-15-27(32)26(17-23)29(34)35/h2-17,30,32H,18-19H2,1H3,(H,34,35). The van der Waals surface area contributed by atoms with Crippen LogP contribution in [0, 0.1) is 6.92 Å². The topological polar surface area (TPSA) is 124 Å². The van der Waals surface area contributed by atoms with Gasteiger partial charge in [0.05, 0.1) is 18.0 Å². The van der Waals surface area contributed by atoms with E-state index in [2.05, 4.69) is 4.72 Å². The van der Waals surface area contributed by atoms with Crippen molar-refractivity contribution in [1.29, 1.82) is 0 Å². The Bertz CT molecular complexity index is 1570. The van der Waals surface area contributed by atoms with Crippen molar-refractivity contribution in [3.8, 4) is 16.9 Å². The van der Waals surface area contributed by atoms with E-state index in [-0.39, 0.29) is 22.7 Å². The Morgan fingerprint density at radius 1 is 0.868 bits per heavy atom. The zero-order valence-corrected chi connectivity index (χ0v) is 21.4. The Hall–Kier alpha value is -4.47. The smallest absolute Gasteiger partial charge is 0.339 e. The summed E-state index contributed by atoms with van der Waals surface area (Å²) in [5.74, 6) is -2.40. The van der Waals surface area contributed by atoms with Gasteiger partial charge in [-0.25, -0.2) is 17.9 Å². The fourth-order valence-electron chi connectivity index (χ4n) is 4.03. The Balaban J connectivity index is 1.57. The quantitative estimate of drug-likeness (QED) is 0.291. The van der Waals surface area contributed by atoms with Crippen LogP contribution in [0.3, 0.4) is 0 Å². The molecule has 0 aliphatic heterocycles. The molecule has 0 aliphatic rings. The molecule has 0 saturated carbocycles. The average molecular weight is 531 g/mol. The molecule has 0 aromatic heterocycles. The van der Waals surface area contributed by atoms with Crippen LogP contribution in [-0.4, -0.2) is 37.1 Å². The number of aryl methyl sites for hydroxylation is 1. The second-order valence-electron chi connectivity index (χ2n) is 8.64. The van der Waals surface area contributed by atoms with Crippen molar-refractivity contribution in [2.24, 2.45) is 0 Å². The van der Waals surface area contributed by atoms with Crippen molar-refractivity contribution < 1.29 is 28.2 Å². The van der Waals surface area contributed by atoms with E-state index in [1.807, 2.05) is 43.3 Å². The van der Waals surface area contributed by atoms with Crippen LogP contribution in [0.15, 0.2) is 102 Å². The number of nitrogens with one attached hydrogen (secondary N) is 1. The molecule has 3 N–H and O–H groups in total. The molecule has 0 unspecified atom stereocenters. The Labute approximate surface area is 220 Å². The zero-order chi connectivity index (χ0) is 27.3. The lowest BCUT2D eigenvalue weighted by Crippen LogP contribution is -2.40. The van der Waals surface area contributed by atoms with E-state index in [9.17, 15) is 28.2 Å². The lowest BCUT2D eigenvalue weighted by Gasteiger charge is -2.24. The van der Waals surface area contributed by atoms with Crippen LogP contribution in [0.2, 0.25) is 0 Å². The van der Waals surface area contributed by atoms with Gasteiger partial charge < -0.3 is 15.1 Å². The molecule has 38 heavy (non-hydrogen) atoms. The van der Waals surface area contributed by atoms with Crippen LogP contribution < -0.4 is 9.62 Å². The van der Waals surface area contributed by atoms with Crippen LogP contribution in [0.5, 0.6) is 5.75 Å².